The normalized spacial score (nSPS) is 16.3. The number of benzene rings is 1. The van der Waals surface area contributed by atoms with Crippen LogP contribution in [0.3, 0.4) is 0 Å². The largest absolute Gasteiger partial charge is 0.352 e. The molecule has 0 radical (unpaired) electrons. The zero-order valence-corrected chi connectivity index (χ0v) is 20.7. The van der Waals surface area contributed by atoms with E-state index < -0.39 is 0 Å². The molecule has 5 rings (SSSR count). The average molecular weight is 484 g/mol. The van der Waals surface area contributed by atoms with Crippen molar-refractivity contribution in [3.05, 3.63) is 56.0 Å². The van der Waals surface area contributed by atoms with Crippen LogP contribution < -0.4 is 11.0 Å². The summed E-state index contributed by atoms with van der Waals surface area (Å²) in [6.45, 7) is 8.58. The van der Waals surface area contributed by atoms with Gasteiger partial charge in [0, 0.05) is 15.6 Å². The van der Waals surface area contributed by atoms with Gasteiger partial charge in [-0.15, -0.1) is 16.4 Å². The third kappa shape index (κ3) is 3.95. The Labute approximate surface area is 200 Å². The summed E-state index contributed by atoms with van der Waals surface area (Å²) in [5.74, 6) is 0.280. The summed E-state index contributed by atoms with van der Waals surface area (Å²) in [5, 5.41) is 8.87. The molecule has 1 unspecified atom stereocenters. The van der Waals surface area contributed by atoms with E-state index >= 15 is 0 Å². The highest BCUT2D eigenvalue weighted by Gasteiger charge is 2.32. The van der Waals surface area contributed by atoms with Crippen LogP contribution in [-0.4, -0.2) is 25.1 Å². The number of hydrogen-bond donors (Lipinski definition) is 1. The summed E-state index contributed by atoms with van der Waals surface area (Å²) in [5.41, 5.74) is 3.21. The molecule has 1 aliphatic carbocycles. The van der Waals surface area contributed by atoms with E-state index in [2.05, 4.69) is 36.2 Å². The molecular formula is C24H26ClN5O2S. The molecule has 0 saturated carbocycles. The Hall–Kier alpha value is -2.71. The number of anilines is 1. The van der Waals surface area contributed by atoms with E-state index in [1.165, 1.54) is 25.9 Å². The second kappa shape index (κ2) is 7.95. The molecule has 4 aromatic rings. The lowest BCUT2D eigenvalue weighted by atomic mass is 9.72. The van der Waals surface area contributed by atoms with Gasteiger partial charge in [-0.1, -0.05) is 38.4 Å². The van der Waals surface area contributed by atoms with Crippen LogP contribution >= 0.6 is 22.9 Å². The van der Waals surface area contributed by atoms with Gasteiger partial charge in [0.25, 0.3) is 0 Å². The molecule has 0 saturated heterocycles. The fourth-order valence-corrected chi connectivity index (χ4v) is 6.03. The van der Waals surface area contributed by atoms with Crippen molar-refractivity contribution in [2.45, 2.75) is 53.5 Å². The quantitative estimate of drug-likeness (QED) is 0.451. The lowest BCUT2D eigenvalue weighted by Gasteiger charge is -2.33. The minimum atomic E-state index is -0.374. The Morgan fingerprint density at radius 1 is 1.33 bits per heavy atom. The van der Waals surface area contributed by atoms with E-state index in [-0.39, 0.29) is 23.6 Å². The maximum absolute atomic E-state index is 13.0. The summed E-state index contributed by atoms with van der Waals surface area (Å²) < 4.78 is 2.65. The van der Waals surface area contributed by atoms with E-state index in [0.29, 0.717) is 22.3 Å². The van der Waals surface area contributed by atoms with Gasteiger partial charge in [0.05, 0.1) is 5.39 Å². The van der Waals surface area contributed by atoms with Crippen LogP contribution in [0.5, 0.6) is 0 Å². The number of thiophene rings is 1. The van der Waals surface area contributed by atoms with Crippen molar-refractivity contribution in [3.8, 4) is 0 Å². The minimum absolute atomic E-state index is 0.188. The summed E-state index contributed by atoms with van der Waals surface area (Å²) in [7, 11) is 0. The third-order valence-corrected chi connectivity index (χ3v) is 8.02. The van der Waals surface area contributed by atoms with E-state index in [1.54, 1.807) is 23.5 Å². The van der Waals surface area contributed by atoms with E-state index in [4.69, 9.17) is 11.6 Å². The highest BCUT2D eigenvalue weighted by molar-refractivity contribution is 7.19. The second-order valence-electron chi connectivity index (χ2n) is 9.88. The van der Waals surface area contributed by atoms with Crippen LogP contribution in [0.15, 0.2) is 29.3 Å². The summed E-state index contributed by atoms with van der Waals surface area (Å²) in [6.07, 6.45) is 4.61. The summed E-state index contributed by atoms with van der Waals surface area (Å²) >= 11 is 7.75. The van der Waals surface area contributed by atoms with Gasteiger partial charge in [-0.05, 0) is 60.8 Å². The Morgan fingerprint density at radius 3 is 2.88 bits per heavy atom. The second-order valence-corrected chi connectivity index (χ2v) is 11.4. The minimum Gasteiger partial charge on any atom is -0.324 e. The number of rotatable bonds is 3. The molecule has 3 heterocycles. The number of fused-ring (bicyclic) bond motifs is 5. The molecule has 33 heavy (non-hydrogen) atoms. The van der Waals surface area contributed by atoms with Gasteiger partial charge in [0.15, 0.2) is 5.65 Å². The van der Waals surface area contributed by atoms with Crippen molar-refractivity contribution in [1.29, 1.82) is 0 Å². The molecule has 1 N–H and O–H groups in total. The van der Waals surface area contributed by atoms with Gasteiger partial charge in [-0.25, -0.2) is 18.9 Å². The van der Waals surface area contributed by atoms with Crippen LogP contribution in [0.25, 0.3) is 15.9 Å². The van der Waals surface area contributed by atoms with E-state index in [9.17, 15) is 9.59 Å². The fourth-order valence-electron chi connectivity index (χ4n) is 4.59. The lowest BCUT2D eigenvalue weighted by molar-refractivity contribution is -0.117. The standard InChI is InChI=1S/C24H26ClN5O2S/c1-13-5-7-15(25)10-17(13)27-19(31)11-30-23(32)29-12-26-22-20(21(29)28-30)16-8-6-14(24(2,3)4)9-18(16)33-22/h5,7,10,12,14H,6,8-9,11H2,1-4H3,(H,27,31). The van der Waals surface area contributed by atoms with Gasteiger partial charge in [0.1, 0.15) is 17.7 Å². The van der Waals surface area contributed by atoms with Gasteiger partial charge in [-0.3, -0.25) is 4.79 Å². The van der Waals surface area contributed by atoms with Crippen molar-refractivity contribution in [2.75, 3.05) is 5.32 Å². The number of aryl methyl sites for hydroxylation is 2. The molecule has 9 heteroatoms. The molecule has 1 amide bonds. The molecule has 0 bridgehead atoms. The highest BCUT2D eigenvalue weighted by Crippen LogP contribution is 2.43. The Morgan fingerprint density at radius 2 is 2.12 bits per heavy atom. The first-order valence-electron chi connectivity index (χ1n) is 11.1. The number of carbonyl (C=O) groups is 1. The van der Waals surface area contributed by atoms with Gasteiger partial charge >= 0.3 is 5.69 Å². The van der Waals surface area contributed by atoms with Crippen LogP contribution in [0.4, 0.5) is 5.69 Å². The molecule has 1 aliphatic rings. The molecule has 0 aliphatic heterocycles. The fraction of sp³-hybridized carbons (Fsp3) is 0.417. The molecule has 1 atom stereocenters. The first-order chi connectivity index (χ1) is 15.6. The van der Waals surface area contributed by atoms with Crippen LogP contribution in [0.2, 0.25) is 5.02 Å². The van der Waals surface area contributed by atoms with Crippen molar-refractivity contribution in [2.24, 2.45) is 11.3 Å². The van der Waals surface area contributed by atoms with Gasteiger partial charge in [-0.2, -0.15) is 0 Å². The highest BCUT2D eigenvalue weighted by atomic mass is 35.5. The maximum atomic E-state index is 13.0. The maximum Gasteiger partial charge on any atom is 0.352 e. The number of hydrogen-bond acceptors (Lipinski definition) is 5. The van der Waals surface area contributed by atoms with E-state index in [1.807, 2.05) is 13.0 Å². The first kappa shape index (κ1) is 22.1. The Kier molecular flexibility index (Phi) is 5.33. The predicted molar refractivity (Wildman–Crippen MR) is 132 cm³/mol. The first-order valence-corrected chi connectivity index (χ1v) is 12.3. The monoisotopic (exact) mass is 483 g/mol. The zero-order chi connectivity index (χ0) is 23.5. The Bertz CT molecular complexity index is 1460. The average Bonchev–Trinajstić information content (AvgIpc) is 3.27. The smallest absolute Gasteiger partial charge is 0.324 e. The topological polar surface area (TPSA) is 81.3 Å². The van der Waals surface area contributed by atoms with Gasteiger partial charge in [0.2, 0.25) is 5.91 Å². The lowest BCUT2D eigenvalue weighted by Crippen LogP contribution is -2.28. The van der Waals surface area contributed by atoms with Crippen molar-refractivity contribution >= 4 is 50.4 Å². The SMILES string of the molecule is Cc1ccc(Cl)cc1NC(=O)Cn1nc2c3c4c(sc3ncn2c1=O)CC(C(C)(C)C)CC4. The van der Waals surface area contributed by atoms with E-state index in [0.717, 1.165) is 35.0 Å². The predicted octanol–water partition coefficient (Wildman–Crippen LogP) is 4.86. The Balaban J connectivity index is 1.49. The van der Waals surface area contributed by atoms with Crippen LogP contribution in [0, 0.1) is 18.3 Å². The molecule has 0 spiro atoms. The third-order valence-electron chi connectivity index (χ3n) is 6.62. The summed E-state index contributed by atoms with van der Waals surface area (Å²) in [4.78, 5) is 32.5. The number of carbonyl (C=O) groups excluding carboxylic acids is 1. The molecule has 1 aromatic carbocycles. The number of amides is 1. The number of halogens is 1. The molecular weight excluding hydrogens is 458 g/mol. The van der Waals surface area contributed by atoms with Crippen LogP contribution in [-0.2, 0) is 24.2 Å². The molecule has 172 valence electrons. The van der Waals surface area contributed by atoms with Crippen molar-refractivity contribution < 1.29 is 4.79 Å². The zero-order valence-electron chi connectivity index (χ0n) is 19.1. The molecule has 0 fully saturated rings. The number of aromatic nitrogens is 4. The van der Waals surface area contributed by atoms with Gasteiger partial charge < -0.3 is 5.32 Å². The molecule has 7 nitrogen and oxygen atoms in total. The number of nitrogens with one attached hydrogen (secondary N) is 1. The number of nitrogens with zero attached hydrogens (tertiary/aromatic N) is 4. The van der Waals surface area contributed by atoms with Crippen LogP contribution in [0.1, 0.15) is 43.2 Å². The van der Waals surface area contributed by atoms with Crippen molar-refractivity contribution in [1.82, 2.24) is 19.2 Å². The molecule has 3 aromatic heterocycles. The summed E-state index contributed by atoms with van der Waals surface area (Å²) in [6, 6.07) is 5.29. The van der Waals surface area contributed by atoms with Crippen molar-refractivity contribution in [3.63, 3.8) is 0 Å².